The predicted molar refractivity (Wildman–Crippen MR) is 69.3 cm³/mol. The van der Waals surface area contributed by atoms with Gasteiger partial charge >= 0.3 is 0 Å². The number of ketones is 1. The molecule has 0 aliphatic carbocycles. The van der Waals surface area contributed by atoms with E-state index in [1.165, 1.54) is 22.7 Å². The van der Waals surface area contributed by atoms with Crippen LogP contribution in [0.25, 0.3) is 9.75 Å². The molecule has 0 fully saturated rings. The van der Waals surface area contributed by atoms with Crippen LogP contribution in [0, 0.1) is 18.3 Å². The Bertz CT molecular complexity index is 604. The van der Waals surface area contributed by atoms with E-state index in [4.69, 9.17) is 5.26 Å². The van der Waals surface area contributed by atoms with Gasteiger partial charge in [-0.3, -0.25) is 4.79 Å². The number of thiophene rings is 1. The highest BCUT2D eigenvalue weighted by molar-refractivity contribution is 7.22. The number of carbonyl (C=O) groups excluding carboxylic acids is 1. The molecular formula is C12H10N2OS2. The van der Waals surface area contributed by atoms with E-state index >= 15 is 0 Å². The van der Waals surface area contributed by atoms with Crippen molar-refractivity contribution >= 4 is 28.5 Å². The fourth-order valence-electron chi connectivity index (χ4n) is 1.49. The summed E-state index contributed by atoms with van der Waals surface area (Å²) in [7, 11) is 0. The number of hydrogen-bond acceptors (Lipinski definition) is 5. The van der Waals surface area contributed by atoms with Gasteiger partial charge in [0.2, 0.25) is 0 Å². The van der Waals surface area contributed by atoms with E-state index in [0.717, 1.165) is 20.5 Å². The van der Waals surface area contributed by atoms with Crippen LogP contribution in [0.4, 0.5) is 0 Å². The topological polar surface area (TPSA) is 53.8 Å². The van der Waals surface area contributed by atoms with Crippen LogP contribution in [-0.2, 0) is 11.2 Å². The number of rotatable bonds is 3. The quantitative estimate of drug-likeness (QED) is 0.853. The Kier molecular flexibility index (Phi) is 3.36. The summed E-state index contributed by atoms with van der Waals surface area (Å²) in [4.78, 5) is 18.2. The van der Waals surface area contributed by atoms with E-state index < -0.39 is 0 Å². The zero-order valence-electron chi connectivity index (χ0n) is 9.48. The number of carbonyl (C=O) groups is 1. The molecule has 86 valence electrons. The largest absolute Gasteiger partial charge is 0.300 e. The van der Waals surface area contributed by atoms with Crippen molar-refractivity contribution in [1.29, 1.82) is 5.26 Å². The third kappa shape index (κ3) is 2.60. The maximum Gasteiger partial charge on any atom is 0.136 e. The second kappa shape index (κ2) is 4.78. The first kappa shape index (κ1) is 12.0. The van der Waals surface area contributed by atoms with E-state index in [1.54, 1.807) is 6.92 Å². The summed E-state index contributed by atoms with van der Waals surface area (Å²) >= 11 is 2.99. The Labute approximate surface area is 107 Å². The lowest BCUT2D eigenvalue weighted by molar-refractivity contribution is -0.116. The molecule has 0 saturated heterocycles. The van der Waals surface area contributed by atoms with Gasteiger partial charge in [-0.25, -0.2) is 4.98 Å². The van der Waals surface area contributed by atoms with Gasteiger partial charge in [-0.2, -0.15) is 5.26 Å². The molecule has 0 unspecified atom stereocenters. The number of Topliss-reactive ketones (excluding diaryl/α,β-unsaturated/α-hetero) is 1. The Hall–Kier alpha value is -1.51. The molecule has 2 aromatic heterocycles. The lowest BCUT2D eigenvalue weighted by Crippen LogP contribution is -1.94. The minimum atomic E-state index is 0.120. The van der Waals surface area contributed by atoms with Crippen molar-refractivity contribution < 1.29 is 4.79 Å². The van der Waals surface area contributed by atoms with Crippen molar-refractivity contribution in [3.8, 4) is 15.8 Å². The Morgan fingerprint density at radius 2 is 2.24 bits per heavy atom. The number of aromatic nitrogens is 1. The third-order valence-corrected chi connectivity index (χ3v) is 4.51. The molecule has 2 rings (SSSR count). The molecule has 3 nitrogen and oxygen atoms in total. The maximum absolute atomic E-state index is 11.0. The van der Waals surface area contributed by atoms with Gasteiger partial charge in [-0.15, -0.1) is 22.7 Å². The van der Waals surface area contributed by atoms with Crippen molar-refractivity contribution in [2.75, 3.05) is 0 Å². The molecule has 2 aromatic rings. The zero-order valence-corrected chi connectivity index (χ0v) is 11.1. The van der Waals surface area contributed by atoms with E-state index in [2.05, 4.69) is 11.1 Å². The summed E-state index contributed by atoms with van der Waals surface area (Å²) in [5.41, 5.74) is 0.928. The third-order valence-electron chi connectivity index (χ3n) is 2.18. The molecule has 0 N–H and O–H groups in total. The molecule has 0 aliphatic rings. The van der Waals surface area contributed by atoms with Gasteiger partial charge in [0.25, 0.3) is 0 Å². The van der Waals surface area contributed by atoms with Crippen LogP contribution in [0.1, 0.15) is 22.5 Å². The van der Waals surface area contributed by atoms with Crippen LogP contribution < -0.4 is 0 Å². The predicted octanol–water partition coefficient (Wildman–Crippen LogP) is 3.18. The van der Waals surface area contributed by atoms with E-state index in [-0.39, 0.29) is 5.78 Å². The van der Waals surface area contributed by atoms with Gasteiger partial charge in [0.05, 0.1) is 17.0 Å². The first-order valence-electron chi connectivity index (χ1n) is 5.06. The first-order valence-corrected chi connectivity index (χ1v) is 6.69. The molecule has 0 radical (unpaired) electrons. The zero-order chi connectivity index (χ0) is 12.4. The van der Waals surface area contributed by atoms with Gasteiger partial charge in [-0.05, 0) is 26.0 Å². The van der Waals surface area contributed by atoms with Crippen molar-refractivity contribution in [3.63, 3.8) is 0 Å². The highest BCUT2D eigenvalue weighted by Crippen LogP contribution is 2.35. The summed E-state index contributed by atoms with van der Waals surface area (Å²) in [6, 6.07) is 5.87. The van der Waals surface area contributed by atoms with Crippen LogP contribution in [0.2, 0.25) is 0 Å². The number of nitriles is 1. The molecule has 0 atom stereocenters. The standard InChI is InChI=1S/C12H10N2OS2/c1-7(15)5-11-14-8(2)12(17-11)10-4-3-9(6-13)16-10/h3-4H,5H2,1-2H3. The van der Waals surface area contributed by atoms with Gasteiger partial charge < -0.3 is 0 Å². The Balaban J connectivity index is 2.36. The minimum absolute atomic E-state index is 0.120. The lowest BCUT2D eigenvalue weighted by Gasteiger charge is -1.90. The maximum atomic E-state index is 11.0. The van der Waals surface area contributed by atoms with Crippen molar-refractivity contribution in [2.24, 2.45) is 0 Å². The van der Waals surface area contributed by atoms with Gasteiger partial charge in [-0.1, -0.05) is 0 Å². The first-order chi connectivity index (χ1) is 8.10. The molecule has 0 bridgehead atoms. The normalized spacial score (nSPS) is 10.2. The molecule has 17 heavy (non-hydrogen) atoms. The van der Waals surface area contributed by atoms with Gasteiger partial charge in [0, 0.05) is 4.88 Å². The summed E-state index contributed by atoms with van der Waals surface area (Å²) < 4.78 is 0. The molecular weight excluding hydrogens is 252 g/mol. The summed E-state index contributed by atoms with van der Waals surface area (Å²) in [5, 5.41) is 9.64. The minimum Gasteiger partial charge on any atom is -0.300 e. The number of aryl methyl sites for hydroxylation is 1. The molecule has 0 aromatic carbocycles. The number of nitrogens with zero attached hydrogens (tertiary/aromatic N) is 2. The molecule has 2 heterocycles. The van der Waals surface area contributed by atoms with Gasteiger partial charge in [0.15, 0.2) is 0 Å². The van der Waals surface area contributed by atoms with Crippen molar-refractivity contribution in [3.05, 3.63) is 27.7 Å². The molecule has 0 amide bonds. The smallest absolute Gasteiger partial charge is 0.136 e. The number of hydrogen-bond donors (Lipinski definition) is 0. The Morgan fingerprint density at radius 1 is 1.47 bits per heavy atom. The molecule has 0 aliphatic heterocycles. The number of thiazole rings is 1. The van der Waals surface area contributed by atoms with E-state index in [9.17, 15) is 4.79 Å². The fraction of sp³-hybridized carbons (Fsp3) is 0.250. The Morgan fingerprint density at radius 3 is 2.82 bits per heavy atom. The highest BCUT2D eigenvalue weighted by atomic mass is 32.1. The van der Waals surface area contributed by atoms with E-state index in [0.29, 0.717) is 11.3 Å². The average molecular weight is 262 g/mol. The van der Waals surface area contributed by atoms with Crippen molar-refractivity contribution in [1.82, 2.24) is 4.98 Å². The second-order valence-corrected chi connectivity index (χ2v) is 5.84. The molecule has 0 spiro atoms. The lowest BCUT2D eigenvalue weighted by atomic mass is 10.3. The second-order valence-electron chi connectivity index (χ2n) is 3.68. The van der Waals surface area contributed by atoms with Crippen molar-refractivity contribution in [2.45, 2.75) is 20.3 Å². The van der Waals surface area contributed by atoms with Crippen LogP contribution in [-0.4, -0.2) is 10.8 Å². The highest BCUT2D eigenvalue weighted by Gasteiger charge is 2.12. The summed E-state index contributed by atoms with van der Waals surface area (Å²) in [5.74, 6) is 0.120. The van der Waals surface area contributed by atoms with Gasteiger partial charge in [0.1, 0.15) is 21.7 Å². The van der Waals surface area contributed by atoms with E-state index in [1.807, 2.05) is 19.1 Å². The fourth-order valence-corrected chi connectivity index (χ4v) is 3.59. The summed E-state index contributed by atoms with van der Waals surface area (Å²) in [6.45, 7) is 3.50. The molecule has 5 heteroatoms. The van der Waals surface area contributed by atoms with Crippen LogP contribution in [0.15, 0.2) is 12.1 Å². The van der Waals surface area contributed by atoms with Crippen LogP contribution in [0.3, 0.4) is 0 Å². The van der Waals surface area contributed by atoms with Crippen LogP contribution in [0.5, 0.6) is 0 Å². The summed E-state index contributed by atoms with van der Waals surface area (Å²) in [6.07, 6.45) is 0.391. The SMILES string of the molecule is CC(=O)Cc1nc(C)c(-c2ccc(C#N)s2)s1. The monoisotopic (exact) mass is 262 g/mol. The average Bonchev–Trinajstić information content (AvgIpc) is 2.83. The van der Waals surface area contributed by atoms with Crippen LogP contribution >= 0.6 is 22.7 Å². The molecule has 0 saturated carbocycles.